The maximum absolute atomic E-state index is 2.44. The van der Waals surface area contributed by atoms with Crippen LogP contribution in [-0.2, 0) is 5.41 Å². The largest absolute Gasteiger partial charge is 0.310 e. The molecule has 0 aliphatic heterocycles. The van der Waals surface area contributed by atoms with E-state index in [-0.39, 0.29) is 0 Å². The quantitative estimate of drug-likeness (QED) is 0.128. The highest BCUT2D eigenvalue weighted by Crippen LogP contribution is 2.58. The van der Waals surface area contributed by atoms with Crippen LogP contribution >= 0.6 is 0 Å². The molecule has 0 fully saturated rings. The second kappa shape index (κ2) is 17.5. The molecule has 0 radical (unpaired) electrons. The predicted molar refractivity (Wildman–Crippen MR) is 285 cm³/mol. The van der Waals surface area contributed by atoms with Gasteiger partial charge in [-0.05, 0) is 153 Å². The summed E-state index contributed by atoms with van der Waals surface area (Å²) in [5, 5.41) is 2.47. The van der Waals surface area contributed by atoms with Gasteiger partial charge in [-0.1, -0.05) is 176 Å². The van der Waals surface area contributed by atoms with Gasteiger partial charge in [-0.15, -0.1) is 0 Å². The van der Waals surface area contributed by atoms with Crippen LogP contribution in [0, 0.1) is 0 Å². The van der Waals surface area contributed by atoms with Gasteiger partial charge in [0.05, 0.1) is 5.41 Å². The summed E-state index contributed by atoms with van der Waals surface area (Å²) in [4.78, 5) is 7.09. The zero-order chi connectivity index (χ0) is 45.3. The van der Waals surface area contributed by atoms with Crippen molar-refractivity contribution in [1.29, 1.82) is 0 Å². The molecule has 12 rings (SSSR count). The number of rotatable bonds is 11. The molecule has 0 saturated heterocycles. The van der Waals surface area contributed by atoms with Crippen molar-refractivity contribution in [3.8, 4) is 11.1 Å². The normalized spacial score (nSPS) is 12.2. The van der Waals surface area contributed by atoms with Gasteiger partial charge in [0.2, 0.25) is 0 Å². The number of hydrogen-bond donors (Lipinski definition) is 0. The Kier molecular flexibility index (Phi) is 10.4. The van der Waals surface area contributed by atoms with Crippen molar-refractivity contribution in [3.05, 3.63) is 307 Å². The first kappa shape index (κ1) is 40.6. The molecule has 0 heterocycles. The van der Waals surface area contributed by atoms with Crippen LogP contribution < -0.4 is 14.7 Å². The number of fused-ring (bicyclic) bond motifs is 4. The molecule has 0 amide bonds. The molecule has 11 aromatic carbocycles. The smallest absolute Gasteiger partial charge is 0.0713 e. The van der Waals surface area contributed by atoms with E-state index in [1.165, 1.54) is 44.2 Å². The van der Waals surface area contributed by atoms with Crippen molar-refractivity contribution in [1.82, 2.24) is 0 Å². The highest BCUT2D eigenvalue weighted by atomic mass is 15.2. The Labute approximate surface area is 398 Å². The van der Waals surface area contributed by atoms with Gasteiger partial charge in [-0.3, -0.25) is 0 Å². The van der Waals surface area contributed by atoms with Crippen LogP contribution in [0.15, 0.2) is 285 Å². The summed E-state index contributed by atoms with van der Waals surface area (Å²) in [7, 11) is 0. The van der Waals surface area contributed by atoms with Crippen LogP contribution in [0.4, 0.5) is 51.2 Å². The van der Waals surface area contributed by atoms with Crippen molar-refractivity contribution in [3.63, 3.8) is 0 Å². The van der Waals surface area contributed by atoms with Crippen LogP contribution in [0.25, 0.3) is 21.9 Å². The maximum atomic E-state index is 2.44. The fourth-order valence-electron chi connectivity index (χ4n) is 10.5. The Morgan fingerprint density at radius 3 is 0.926 bits per heavy atom. The van der Waals surface area contributed by atoms with E-state index in [1.54, 1.807) is 0 Å². The third kappa shape index (κ3) is 7.09. The zero-order valence-electron chi connectivity index (χ0n) is 37.5. The summed E-state index contributed by atoms with van der Waals surface area (Å²) < 4.78 is 0. The van der Waals surface area contributed by atoms with Crippen molar-refractivity contribution >= 4 is 62.0 Å². The monoisotopic (exact) mass is 869 g/mol. The summed E-state index contributed by atoms with van der Waals surface area (Å²) in [6.45, 7) is 0. The number of hydrogen-bond acceptors (Lipinski definition) is 3. The lowest BCUT2D eigenvalue weighted by atomic mass is 9.67. The third-order valence-electron chi connectivity index (χ3n) is 13.4. The molecule has 1 aliphatic carbocycles. The van der Waals surface area contributed by atoms with Gasteiger partial charge in [0, 0.05) is 51.2 Å². The van der Waals surface area contributed by atoms with Gasteiger partial charge in [0.1, 0.15) is 0 Å². The molecule has 0 atom stereocenters. The minimum Gasteiger partial charge on any atom is -0.310 e. The summed E-state index contributed by atoms with van der Waals surface area (Å²) in [6.07, 6.45) is 0. The molecule has 3 nitrogen and oxygen atoms in total. The van der Waals surface area contributed by atoms with Crippen molar-refractivity contribution < 1.29 is 0 Å². The first-order valence-electron chi connectivity index (χ1n) is 23.3. The van der Waals surface area contributed by atoms with E-state index in [1.807, 2.05) is 0 Å². The first-order valence-corrected chi connectivity index (χ1v) is 23.3. The molecular weight excluding hydrogens is 823 g/mol. The summed E-state index contributed by atoms with van der Waals surface area (Å²) >= 11 is 0. The minimum absolute atomic E-state index is 0.519. The zero-order valence-corrected chi connectivity index (χ0v) is 37.5. The number of anilines is 9. The van der Waals surface area contributed by atoms with E-state index in [2.05, 4.69) is 300 Å². The Morgan fingerprint density at radius 2 is 0.515 bits per heavy atom. The molecule has 0 bridgehead atoms. The summed E-state index contributed by atoms with van der Waals surface area (Å²) in [5.74, 6) is 0. The number of para-hydroxylation sites is 4. The number of nitrogens with zero attached hydrogens (tertiary/aromatic N) is 3. The predicted octanol–water partition coefficient (Wildman–Crippen LogP) is 17.6. The molecule has 322 valence electrons. The van der Waals surface area contributed by atoms with Crippen LogP contribution in [0.3, 0.4) is 0 Å². The van der Waals surface area contributed by atoms with Crippen LogP contribution in [0.1, 0.15) is 22.3 Å². The molecule has 0 N–H and O–H groups in total. The van der Waals surface area contributed by atoms with Gasteiger partial charge in [-0.25, -0.2) is 0 Å². The maximum Gasteiger partial charge on any atom is 0.0713 e. The van der Waals surface area contributed by atoms with Gasteiger partial charge in [-0.2, -0.15) is 0 Å². The average molecular weight is 870 g/mol. The van der Waals surface area contributed by atoms with E-state index in [9.17, 15) is 0 Å². The van der Waals surface area contributed by atoms with Crippen molar-refractivity contribution in [2.45, 2.75) is 5.41 Å². The number of benzene rings is 11. The van der Waals surface area contributed by atoms with Gasteiger partial charge in [0.15, 0.2) is 0 Å². The SMILES string of the molecule is c1ccc(N(c2ccccc2)c2cccc(N(c3ccccc3)c3cccc(N(c4ccccc4)c4ccc5c(c4)-c4cc6ccccc6cc4C5(c4ccccc4)c4ccccc4)c3)c2)cc1. The molecule has 3 heteroatoms. The standard InChI is InChI=1S/C65H47N3/c1-7-25-50(26-8-1)65(51-27-9-2-10-28-51)63-42-41-60(47-62(63)61-43-48-23-19-20-24-49(48)44-64(61)65)68(55-35-17-6-18-36-55)59-40-22-39-58(46-59)67(54-33-15-5-16-34-54)57-38-21-37-56(45-57)66(52-29-11-3-12-30-52)53-31-13-4-14-32-53/h1-47H. The topological polar surface area (TPSA) is 9.72 Å². The van der Waals surface area contributed by atoms with Crippen LogP contribution in [-0.4, -0.2) is 0 Å². The van der Waals surface area contributed by atoms with E-state index in [0.29, 0.717) is 0 Å². The lowest BCUT2D eigenvalue weighted by Gasteiger charge is -2.34. The minimum atomic E-state index is -0.519. The summed E-state index contributed by atoms with van der Waals surface area (Å²) in [6, 6.07) is 103. The fourth-order valence-corrected chi connectivity index (χ4v) is 10.5. The summed E-state index contributed by atoms with van der Waals surface area (Å²) in [5.41, 5.74) is 16.7. The Bertz CT molecular complexity index is 3430. The second-order valence-electron chi connectivity index (χ2n) is 17.3. The van der Waals surface area contributed by atoms with E-state index in [0.717, 1.165) is 51.2 Å². The van der Waals surface area contributed by atoms with E-state index >= 15 is 0 Å². The van der Waals surface area contributed by atoms with Gasteiger partial charge < -0.3 is 14.7 Å². The fraction of sp³-hybridized carbons (Fsp3) is 0.0154. The molecular formula is C65H47N3. The van der Waals surface area contributed by atoms with Crippen LogP contribution in [0.5, 0.6) is 0 Å². The third-order valence-corrected chi connectivity index (χ3v) is 13.4. The molecule has 1 aliphatic rings. The van der Waals surface area contributed by atoms with Crippen molar-refractivity contribution in [2.75, 3.05) is 14.7 Å². The van der Waals surface area contributed by atoms with E-state index < -0.39 is 5.41 Å². The molecule has 0 spiro atoms. The highest BCUT2D eigenvalue weighted by molar-refractivity contribution is 5.97. The lowest BCUT2D eigenvalue weighted by Crippen LogP contribution is -2.28. The van der Waals surface area contributed by atoms with Gasteiger partial charge in [0.25, 0.3) is 0 Å². The van der Waals surface area contributed by atoms with Crippen LogP contribution in [0.2, 0.25) is 0 Å². The molecule has 0 aromatic heterocycles. The Hall–Kier alpha value is -8.92. The molecule has 0 saturated carbocycles. The van der Waals surface area contributed by atoms with Crippen molar-refractivity contribution in [2.24, 2.45) is 0 Å². The molecule has 11 aromatic rings. The second-order valence-corrected chi connectivity index (χ2v) is 17.3. The Morgan fingerprint density at radius 1 is 0.206 bits per heavy atom. The van der Waals surface area contributed by atoms with Gasteiger partial charge >= 0.3 is 0 Å². The molecule has 0 unspecified atom stereocenters. The van der Waals surface area contributed by atoms with E-state index in [4.69, 9.17) is 0 Å². The Balaban J connectivity index is 1.03. The average Bonchev–Trinajstić information content (AvgIpc) is 3.69. The highest BCUT2D eigenvalue weighted by Gasteiger charge is 2.46. The first-order chi connectivity index (χ1) is 33.7. The molecule has 68 heavy (non-hydrogen) atoms. The lowest BCUT2D eigenvalue weighted by molar-refractivity contribution is 0.769.